The standard InChI is InChI=1S/C18H18N6S/c1-2-14-10-15-17(21-12-22-18(15)25-14)24-7-5-23(6-8-24)16-9-13(11-19)3-4-20-16/h3-4,9-10,12H,2,5-8H2,1H3. The summed E-state index contributed by atoms with van der Waals surface area (Å²) >= 11 is 1.75. The van der Waals surface area contributed by atoms with E-state index in [9.17, 15) is 0 Å². The van der Waals surface area contributed by atoms with Gasteiger partial charge >= 0.3 is 0 Å². The third-order valence-corrected chi connectivity index (χ3v) is 5.67. The number of aryl methyl sites for hydroxylation is 1. The van der Waals surface area contributed by atoms with Crippen molar-refractivity contribution in [2.75, 3.05) is 36.0 Å². The second-order valence-corrected chi connectivity index (χ2v) is 7.09. The van der Waals surface area contributed by atoms with Crippen LogP contribution in [0.1, 0.15) is 17.4 Å². The number of nitriles is 1. The van der Waals surface area contributed by atoms with Gasteiger partial charge in [-0.05, 0) is 24.6 Å². The highest BCUT2D eigenvalue weighted by Gasteiger charge is 2.21. The number of hydrogen-bond acceptors (Lipinski definition) is 7. The van der Waals surface area contributed by atoms with Gasteiger partial charge in [0.15, 0.2) is 0 Å². The maximum Gasteiger partial charge on any atom is 0.140 e. The summed E-state index contributed by atoms with van der Waals surface area (Å²) in [6, 6.07) is 7.99. The molecule has 1 aliphatic rings. The van der Waals surface area contributed by atoms with Gasteiger partial charge in [-0.2, -0.15) is 5.26 Å². The lowest BCUT2D eigenvalue weighted by molar-refractivity contribution is 0.643. The van der Waals surface area contributed by atoms with Crippen LogP contribution >= 0.6 is 11.3 Å². The molecule has 0 aromatic carbocycles. The molecule has 7 heteroatoms. The van der Waals surface area contributed by atoms with Crippen molar-refractivity contribution in [1.82, 2.24) is 15.0 Å². The first-order valence-corrected chi connectivity index (χ1v) is 9.19. The molecule has 4 rings (SSSR count). The summed E-state index contributed by atoms with van der Waals surface area (Å²) in [6.07, 6.45) is 4.39. The van der Waals surface area contributed by atoms with Gasteiger partial charge in [0, 0.05) is 37.3 Å². The first-order valence-electron chi connectivity index (χ1n) is 8.38. The molecule has 6 nitrogen and oxygen atoms in total. The predicted octanol–water partition coefficient (Wildman–Crippen LogP) is 2.85. The first-order chi connectivity index (χ1) is 12.3. The molecule has 1 fully saturated rings. The van der Waals surface area contributed by atoms with Gasteiger partial charge in [-0.15, -0.1) is 11.3 Å². The average Bonchev–Trinajstić information content (AvgIpc) is 3.11. The van der Waals surface area contributed by atoms with Crippen molar-refractivity contribution < 1.29 is 0 Å². The van der Waals surface area contributed by atoms with Gasteiger partial charge in [0.25, 0.3) is 0 Å². The van der Waals surface area contributed by atoms with E-state index in [0.717, 1.165) is 54.5 Å². The number of rotatable bonds is 3. The summed E-state index contributed by atoms with van der Waals surface area (Å²) in [4.78, 5) is 20.3. The van der Waals surface area contributed by atoms with Crippen molar-refractivity contribution in [3.8, 4) is 6.07 Å². The van der Waals surface area contributed by atoms with E-state index in [0.29, 0.717) is 5.56 Å². The lowest BCUT2D eigenvalue weighted by Crippen LogP contribution is -2.47. The minimum absolute atomic E-state index is 0.648. The summed E-state index contributed by atoms with van der Waals surface area (Å²) in [7, 11) is 0. The Morgan fingerprint density at radius 2 is 1.92 bits per heavy atom. The number of anilines is 2. The zero-order chi connectivity index (χ0) is 17.2. The SMILES string of the molecule is CCc1cc2c(N3CCN(c4cc(C#N)ccn4)CC3)ncnc2s1. The second-order valence-electron chi connectivity index (χ2n) is 5.97. The molecule has 126 valence electrons. The van der Waals surface area contributed by atoms with Gasteiger partial charge in [0.1, 0.15) is 22.8 Å². The number of pyridine rings is 1. The summed E-state index contributed by atoms with van der Waals surface area (Å²) in [5, 5.41) is 10.2. The maximum atomic E-state index is 9.06. The van der Waals surface area contributed by atoms with Crippen LogP contribution in [0.15, 0.2) is 30.7 Å². The van der Waals surface area contributed by atoms with Crippen molar-refractivity contribution in [2.24, 2.45) is 0 Å². The third-order valence-electron chi connectivity index (χ3n) is 4.49. The molecule has 25 heavy (non-hydrogen) atoms. The number of thiophene rings is 1. The highest BCUT2D eigenvalue weighted by atomic mass is 32.1. The average molecular weight is 350 g/mol. The summed E-state index contributed by atoms with van der Waals surface area (Å²) in [5.74, 6) is 1.90. The molecule has 0 radical (unpaired) electrons. The molecule has 1 saturated heterocycles. The van der Waals surface area contributed by atoms with Crippen LogP contribution in [0.3, 0.4) is 0 Å². The van der Waals surface area contributed by atoms with Crippen LogP contribution in [-0.2, 0) is 6.42 Å². The smallest absolute Gasteiger partial charge is 0.140 e. The molecule has 3 aromatic rings. The first kappa shape index (κ1) is 15.8. The molecular formula is C18H18N6S. The quantitative estimate of drug-likeness (QED) is 0.723. The Labute approximate surface area is 150 Å². The van der Waals surface area contributed by atoms with E-state index >= 15 is 0 Å². The van der Waals surface area contributed by atoms with E-state index in [-0.39, 0.29) is 0 Å². The van der Waals surface area contributed by atoms with Crippen molar-refractivity contribution >= 4 is 33.2 Å². The molecule has 0 atom stereocenters. The molecular weight excluding hydrogens is 332 g/mol. The van der Waals surface area contributed by atoms with E-state index in [1.54, 1.807) is 29.9 Å². The summed E-state index contributed by atoms with van der Waals surface area (Å²) in [6.45, 7) is 5.64. The fourth-order valence-corrected chi connectivity index (χ4v) is 4.06. The zero-order valence-corrected chi connectivity index (χ0v) is 14.8. The zero-order valence-electron chi connectivity index (χ0n) is 14.0. The van der Waals surface area contributed by atoms with Crippen molar-refractivity contribution in [1.29, 1.82) is 5.26 Å². The number of piperazine rings is 1. The number of nitrogens with zero attached hydrogens (tertiary/aromatic N) is 6. The normalized spacial score (nSPS) is 14.7. The summed E-state index contributed by atoms with van der Waals surface area (Å²) in [5.41, 5.74) is 0.648. The maximum absolute atomic E-state index is 9.06. The molecule has 0 bridgehead atoms. The molecule has 0 unspecified atom stereocenters. The van der Waals surface area contributed by atoms with E-state index in [1.165, 1.54) is 4.88 Å². The Balaban J connectivity index is 1.54. The predicted molar refractivity (Wildman–Crippen MR) is 100 cm³/mol. The van der Waals surface area contributed by atoms with Gasteiger partial charge in [-0.25, -0.2) is 15.0 Å². The fourth-order valence-electron chi connectivity index (χ4n) is 3.13. The Morgan fingerprint density at radius 3 is 2.68 bits per heavy atom. The van der Waals surface area contributed by atoms with E-state index < -0.39 is 0 Å². The van der Waals surface area contributed by atoms with Crippen LogP contribution in [-0.4, -0.2) is 41.1 Å². The molecule has 0 N–H and O–H groups in total. The molecule has 0 amide bonds. The number of hydrogen-bond donors (Lipinski definition) is 0. The van der Waals surface area contributed by atoms with Gasteiger partial charge in [-0.1, -0.05) is 6.92 Å². The Kier molecular flexibility index (Phi) is 4.20. The fraction of sp³-hybridized carbons (Fsp3) is 0.333. The van der Waals surface area contributed by atoms with Gasteiger partial charge in [0.2, 0.25) is 0 Å². The molecule has 1 aliphatic heterocycles. The lowest BCUT2D eigenvalue weighted by Gasteiger charge is -2.36. The van der Waals surface area contributed by atoms with E-state index in [2.05, 4.69) is 43.8 Å². The van der Waals surface area contributed by atoms with Crippen LogP contribution < -0.4 is 9.80 Å². The monoisotopic (exact) mass is 350 g/mol. The Bertz CT molecular complexity index is 936. The van der Waals surface area contributed by atoms with E-state index in [4.69, 9.17) is 5.26 Å². The third kappa shape index (κ3) is 3.01. The number of fused-ring (bicyclic) bond motifs is 1. The summed E-state index contributed by atoms with van der Waals surface area (Å²) < 4.78 is 0. The van der Waals surface area contributed by atoms with Crippen LogP contribution in [0.4, 0.5) is 11.6 Å². The highest BCUT2D eigenvalue weighted by Crippen LogP contribution is 2.31. The van der Waals surface area contributed by atoms with Crippen LogP contribution in [0.25, 0.3) is 10.2 Å². The van der Waals surface area contributed by atoms with E-state index in [1.807, 2.05) is 6.07 Å². The Hall–Kier alpha value is -2.72. The minimum Gasteiger partial charge on any atom is -0.353 e. The number of aromatic nitrogens is 3. The minimum atomic E-state index is 0.648. The largest absolute Gasteiger partial charge is 0.353 e. The molecule has 4 heterocycles. The van der Waals surface area contributed by atoms with Gasteiger partial charge in [-0.3, -0.25) is 0 Å². The van der Waals surface area contributed by atoms with Crippen molar-refractivity contribution in [3.63, 3.8) is 0 Å². The molecule has 3 aromatic heterocycles. The van der Waals surface area contributed by atoms with Crippen LogP contribution in [0.2, 0.25) is 0 Å². The van der Waals surface area contributed by atoms with Gasteiger partial charge in [0.05, 0.1) is 17.0 Å². The van der Waals surface area contributed by atoms with Gasteiger partial charge < -0.3 is 9.80 Å². The Morgan fingerprint density at radius 1 is 1.12 bits per heavy atom. The lowest BCUT2D eigenvalue weighted by atomic mass is 10.2. The molecule has 0 spiro atoms. The van der Waals surface area contributed by atoms with Crippen molar-refractivity contribution in [2.45, 2.75) is 13.3 Å². The molecule has 0 saturated carbocycles. The van der Waals surface area contributed by atoms with Crippen molar-refractivity contribution in [3.05, 3.63) is 41.2 Å². The second kappa shape index (κ2) is 6.65. The van der Waals surface area contributed by atoms with Crippen LogP contribution in [0.5, 0.6) is 0 Å². The molecule has 0 aliphatic carbocycles. The van der Waals surface area contributed by atoms with Crippen LogP contribution in [0, 0.1) is 11.3 Å². The topological polar surface area (TPSA) is 68.9 Å². The highest BCUT2D eigenvalue weighted by molar-refractivity contribution is 7.18.